The van der Waals surface area contributed by atoms with Gasteiger partial charge in [-0.3, -0.25) is 0 Å². The summed E-state index contributed by atoms with van der Waals surface area (Å²) < 4.78 is 6.09. The van der Waals surface area contributed by atoms with Gasteiger partial charge in [-0.25, -0.2) is 9.59 Å². The first-order valence-corrected chi connectivity index (χ1v) is 10.00. The summed E-state index contributed by atoms with van der Waals surface area (Å²) in [4.78, 5) is 22.0. The lowest BCUT2D eigenvalue weighted by atomic mass is 9.53. The topological polar surface area (TPSA) is 168 Å². The Balaban J connectivity index is 0.000000199. The van der Waals surface area contributed by atoms with Gasteiger partial charge in [0.15, 0.2) is 23.7 Å². The summed E-state index contributed by atoms with van der Waals surface area (Å²) in [6.45, 7) is 1.01. The van der Waals surface area contributed by atoms with Gasteiger partial charge in [-0.2, -0.15) is 0 Å². The fourth-order valence-electron chi connectivity index (χ4n) is 5.51. The number of phenolic OH excluding ortho intramolecular Hbond substituents is 1. The molecule has 2 bridgehead atoms. The molecule has 0 radical (unpaired) electrons. The number of phenols is 1. The van der Waals surface area contributed by atoms with Crippen LogP contribution in [-0.2, 0) is 21.4 Å². The molecule has 10 heteroatoms. The van der Waals surface area contributed by atoms with Crippen LogP contribution in [0.15, 0.2) is 24.3 Å². The molecule has 5 rings (SSSR count). The molecule has 1 aromatic rings. The first-order chi connectivity index (χ1) is 14.6. The normalized spacial score (nSPS) is 33.9. The standard InChI is InChI=1S/C17H19NO3.C4H6O6/c1-18-7-6-17-10-3-5-13(20)16(17)21-15-12(19)4-2-9(14(15)17)8-11(10)18;5-1(3(7)8)2(6)4(9)10/h2-5,10-11,13,16,19-20H,6-8H2,1H3;1-2,5-6H,(H,7,8)(H,9,10)/t10-,11+,13-,16-,17-;1-,2-/m01/s1. The lowest BCUT2D eigenvalue weighted by Gasteiger charge is -2.56. The monoisotopic (exact) mass is 435 g/mol. The molecular weight excluding hydrogens is 410 g/mol. The van der Waals surface area contributed by atoms with Crippen molar-refractivity contribution in [3.05, 3.63) is 35.4 Å². The van der Waals surface area contributed by atoms with Crippen molar-refractivity contribution in [2.45, 2.75) is 48.7 Å². The Morgan fingerprint density at radius 2 is 1.81 bits per heavy atom. The number of rotatable bonds is 3. The Morgan fingerprint density at radius 3 is 2.42 bits per heavy atom. The maximum absolute atomic E-state index is 10.4. The van der Waals surface area contributed by atoms with Crippen molar-refractivity contribution in [1.29, 1.82) is 0 Å². The predicted octanol–water partition coefficient (Wildman–Crippen LogP) is -0.924. The number of likely N-dealkylation sites (tertiary alicyclic amines) is 1. The van der Waals surface area contributed by atoms with Gasteiger partial charge in [0.1, 0.15) is 12.2 Å². The average Bonchev–Trinajstić information content (AvgIpc) is 3.09. The summed E-state index contributed by atoms with van der Waals surface area (Å²) >= 11 is 0. The largest absolute Gasteiger partial charge is 0.504 e. The van der Waals surface area contributed by atoms with Gasteiger partial charge < -0.3 is 40.3 Å². The maximum Gasteiger partial charge on any atom is 0.335 e. The molecule has 10 nitrogen and oxygen atoms in total. The number of carboxylic acid groups (broad SMARTS) is 2. The number of aliphatic hydroxyl groups excluding tert-OH is 3. The van der Waals surface area contributed by atoms with E-state index >= 15 is 0 Å². The molecule has 1 saturated heterocycles. The van der Waals surface area contributed by atoms with E-state index in [0.29, 0.717) is 17.7 Å². The van der Waals surface area contributed by atoms with E-state index in [2.05, 4.69) is 18.0 Å². The maximum atomic E-state index is 10.4. The van der Waals surface area contributed by atoms with E-state index < -0.39 is 30.3 Å². The summed E-state index contributed by atoms with van der Waals surface area (Å²) in [6, 6.07) is 4.23. The molecule has 6 N–H and O–H groups in total. The van der Waals surface area contributed by atoms with E-state index in [1.165, 1.54) is 11.1 Å². The molecule has 2 aliphatic heterocycles. The van der Waals surface area contributed by atoms with Crippen molar-refractivity contribution in [1.82, 2.24) is 4.90 Å². The Kier molecular flexibility index (Phi) is 5.21. The summed E-state index contributed by atoms with van der Waals surface area (Å²) in [5.41, 5.74) is 2.29. The molecule has 0 amide bonds. The molecule has 1 aromatic carbocycles. The van der Waals surface area contributed by atoms with Crippen LogP contribution in [0, 0.1) is 5.92 Å². The first kappa shape index (κ1) is 21.6. The highest BCUT2D eigenvalue weighted by atomic mass is 16.5. The number of carboxylic acids is 2. The van der Waals surface area contributed by atoms with Crippen LogP contribution in [0.25, 0.3) is 0 Å². The van der Waals surface area contributed by atoms with Crippen LogP contribution in [-0.4, -0.2) is 91.5 Å². The molecule has 1 fully saturated rings. The number of piperidine rings is 1. The van der Waals surface area contributed by atoms with Crippen molar-refractivity contribution in [2.75, 3.05) is 13.6 Å². The van der Waals surface area contributed by atoms with Crippen molar-refractivity contribution in [2.24, 2.45) is 5.92 Å². The van der Waals surface area contributed by atoms with Crippen LogP contribution in [0.1, 0.15) is 17.5 Å². The van der Waals surface area contributed by atoms with Crippen molar-refractivity contribution >= 4 is 11.9 Å². The second kappa shape index (κ2) is 7.49. The van der Waals surface area contributed by atoms with E-state index in [1.54, 1.807) is 6.07 Å². The zero-order valence-electron chi connectivity index (χ0n) is 16.8. The third-order valence-corrected chi connectivity index (χ3v) is 6.95. The van der Waals surface area contributed by atoms with Crippen LogP contribution in [0.2, 0.25) is 0 Å². The Hall–Kier alpha value is -2.66. The van der Waals surface area contributed by atoms with Crippen LogP contribution < -0.4 is 4.74 Å². The minimum Gasteiger partial charge on any atom is -0.504 e. The predicted molar refractivity (Wildman–Crippen MR) is 105 cm³/mol. The second-order valence-electron chi connectivity index (χ2n) is 8.50. The quantitative estimate of drug-likeness (QED) is 0.327. The lowest BCUT2D eigenvalue weighted by Crippen LogP contribution is -2.64. The minimum absolute atomic E-state index is 0.160. The van der Waals surface area contributed by atoms with Crippen molar-refractivity contribution in [3.8, 4) is 11.5 Å². The molecule has 0 aromatic heterocycles. The van der Waals surface area contributed by atoms with Crippen LogP contribution in [0.4, 0.5) is 0 Å². The highest BCUT2D eigenvalue weighted by Gasteiger charge is 2.64. The number of benzene rings is 1. The van der Waals surface area contributed by atoms with Gasteiger partial charge in [0.05, 0.1) is 0 Å². The molecule has 2 heterocycles. The number of nitrogens with zero attached hydrogens (tertiary/aromatic N) is 1. The van der Waals surface area contributed by atoms with Gasteiger partial charge in [-0.05, 0) is 38.1 Å². The van der Waals surface area contributed by atoms with Gasteiger partial charge in [-0.15, -0.1) is 0 Å². The molecule has 168 valence electrons. The van der Waals surface area contributed by atoms with Crippen LogP contribution in [0.5, 0.6) is 11.5 Å². The summed E-state index contributed by atoms with van der Waals surface area (Å²) in [6.07, 6.45) is 0.646. The van der Waals surface area contributed by atoms with Gasteiger partial charge in [0.2, 0.25) is 0 Å². The number of likely N-dealkylation sites (N-methyl/N-ethyl adjacent to an activating group) is 1. The Labute approximate surface area is 177 Å². The molecule has 31 heavy (non-hydrogen) atoms. The van der Waals surface area contributed by atoms with Crippen molar-refractivity contribution in [3.63, 3.8) is 0 Å². The summed E-state index contributed by atoms with van der Waals surface area (Å²) in [7, 11) is 2.19. The highest BCUT2D eigenvalue weighted by Crippen LogP contribution is 2.62. The van der Waals surface area contributed by atoms with Gasteiger partial charge in [-0.1, -0.05) is 18.2 Å². The zero-order valence-corrected chi connectivity index (χ0v) is 16.8. The smallest absolute Gasteiger partial charge is 0.335 e. The van der Waals surface area contributed by atoms with E-state index in [4.69, 9.17) is 25.2 Å². The van der Waals surface area contributed by atoms with Crippen molar-refractivity contribution < 1.29 is 45.0 Å². The molecule has 0 saturated carbocycles. The molecule has 4 aliphatic rings. The number of aliphatic hydroxyl groups is 3. The SMILES string of the molecule is CN1CC[C@]23c4c5ccc(O)c4O[C@H]2[C@@H](O)C=C[C@H]3[C@H]1C5.O=C(O)[C@H](O)[C@@H](O)C(=O)O. The van der Waals surface area contributed by atoms with E-state index in [-0.39, 0.29) is 17.3 Å². The number of ether oxygens (including phenoxy) is 1. The van der Waals surface area contributed by atoms with Gasteiger partial charge >= 0.3 is 11.9 Å². The fourth-order valence-corrected chi connectivity index (χ4v) is 5.51. The average molecular weight is 435 g/mol. The minimum atomic E-state index is -2.27. The number of hydrogen-bond donors (Lipinski definition) is 6. The number of aromatic hydroxyl groups is 1. The Morgan fingerprint density at radius 1 is 1.16 bits per heavy atom. The molecule has 1 spiro atoms. The van der Waals surface area contributed by atoms with E-state index in [1.807, 2.05) is 12.1 Å². The lowest BCUT2D eigenvalue weighted by molar-refractivity contribution is -0.165. The molecular formula is C21H25NO9. The summed E-state index contributed by atoms with van der Waals surface area (Å²) in [5.74, 6) is -2.35. The van der Waals surface area contributed by atoms with Gasteiger partial charge in [0.25, 0.3) is 0 Å². The number of hydrogen-bond acceptors (Lipinski definition) is 8. The van der Waals surface area contributed by atoms with Crippen LogP contribution >= 0.6 is 0 Å². The number of carbonyl (C=O) groups is 2. The number of aliphatic carboxylic acids is 2. The third-order valence-electron chi connectivity index (χ3n) is 6.95. The zero-order chi connectivity index (χ0) is 22.7. The third kappa shape index (κ3) is 3.09. The fraction of sp³-hybridized carbons (Fsp3) is 0.524. The van der Waals surface area contributed by atoms with Crippen LogP contribution in [0.3, 0.4) is 0 Å². The first-order valence-electron chi connectivity index (χ1n) is 10.00. The van der Waals surface area contributed by atoms with Gasteiger partial charge in [0, 0.05) is 22.9 Å². The van der Waals surface area contributed by atoms with E-state index in [0.717, 1.165) is 19.4 Å². The molecule has 2 aliphatic carbocycles. The molecule has 0 unspecified atom stereocenters. The second-order valence-corrected chi connectivity index (χ2v) is 8.50. The highest BCUT2D eigenvalue weighted by molar-refractivity contribution is 5.83. The molecule has 7 atom stereocenters. The summed E-state index contributed by atoms with van der Waals surface area (Å²) in [5, 5.41) is 53.2. The van der Waals surface area contributed by atoms with E-state index in [9.17, 15) is 19.8 Å². The Bertz CT molecular complexity index is 929.